The summed E-state index contributed by atoms with van der Waals surface area (Å²) in [5.41, 5.74) is 2.37. The summed E-state index contributed by atoms with van der Waals surface area (Å²) in [6.45, 7) is 2.01. The standard InChI is InChI=1S/C15H21NO6S2/c1-2-3-12-4-6-13(7-5-12)24(21,22)15(14(17)16-18)8-10-23(19,20)11-9-15/h4-7,18H,2-3,8-11H2,1H3,(H,16,17). The van der Waals surface area contributed by atoms with Crippen LogP contribution in [0.3, 0.4) is 0 Å². The Kier molecular flexibility index (Phi) is 5.36. The highest BCUT2D eigenvalue weighted by molar-refractivity contribution is 7.94. The van der Waals surface area contributed by atoms with Crippen LogP contribution < -0.4 is 5.48 Å². The predicted molar refractivity (Wildman–Crippen MR) is 88.2 cm³/mol. The van der Waals surface area contributed by atoms with E-state index in [0.29, 0.717) is 0 Å². The van der Waals surface area contributed by atoms with E-state index >= 15 is 0 Å². The molecule has 1 fully saturated rings. The van der Waals surface area contributed by atoms with Gasteiger partial charge in [0, 0.05) is 0 Å². The molecule has 134 valence electrons. The molecule has 2 N–H and O–H groups in total. The molecule has 0 aliphatic carbocycles. The maximum atomic E-state index is 13.0. The van der Waals surface area contributed by atoms with Gasteiger partial charge in [0.15, 0.2) is 14.6 Å². The summed E-state index contributed by atoms with van der Waals surface area (Å²) in [7, 11) is -7.53. The SMILES string of the molecule is CCCc1ccc(S(=O)(=O)C2(C(=O)NO)CCS(=O)(=O)CC2)cc1. The third kappa shape index (κ3) is 3.33. The quantitative estimate of drug-likeness (QED) is 0.582. The molecule has 1 saturated heterocycles. The molecule has 1 aromatic carbocycles. The van der Waals surface area contributed by atoms with Gasteiger partial charge >= 0.3 is 0 Å². The average Bonchev–Trinajstić information content (AvgIpc) is 2.55. The number of rotatable bonds is 5. The van der Waals surface area contributed by atoms with E-state index in [4.69, 9.17) is 5.21 Å². The molecular formula is C15H21NO6S2. The topological polar surface area (TPSA) is 118 Å². The first-order chi connectivity index (χ1) is 11.2. The lowest BCUT2D eigenvalue weighted by atomic mass is 10.0. The molecule has 2 rings (SSSR count). The Bertz CT molecular complexity index is 798. The molecule has 1 amide bonds. The largest absolute Gasteiger partial charge is 0.289 e. The van der Waals surface area contributed by atoms with E-state index in [2.05, 4.69) is 0 Å². The third-order valence-corrected chi connectivity index (χ3v) is 8.60. The number of aryl methyl sites for hydroxylation is 1. The number of hydrogen-bond acceptors (Lipinski definition) is 6. The van der Waals surface area contributed by atoms with E-state index in [1.807, 2.05) is 6.92 Å². The Morgan fingerprint density at radius 1 is 1.21 bits per heavy atom. The fourth-order valence-corrected chi connectivity index (χ4v) is 6.70. The summed E-state index contributed by atoms with van der Waals surface area (Å²) in [6.07, 6.45) is 0.975. The highest BCUT2D eigenvalue weighted by Crippen LogP contribution is 2.36. The van der Waals surface area contributed by atoms with Gasteiger partial charge in [0.1, 0.15) is 9.84 Å². The molecule has 0 bridgehead atoms. The van der Waals surface area contributed by atoms with Crippen molar-refractivity contribution >= 4 is 25.6 Å². The summed E-state index contributed by atoms with van der Waals surface area (Å²) in [5.74, 6) is -1.91. The van der Waals surface area contributed by atoms with Crippen LogP contribution >= 0.6 is 0 Å². The van der Waals surface area contributed by atoms with Crippen LogP contribution in [0.4, 0.5) is 0 Å². The fourth-order valence-electron chi connectivity index (χ4n) is 2.94. The predicted octanol–water partition coefficient (Wildman–Crippen LogP) is 0.866. The summed E-state index contributed by atoms with van der Waals surface area (Å²) in [5, 5.41) is 8.99. The lowest BCUT2D eigenvalue weighted by Crippen LogP contribution is -2.55. The van der Waals surface area contributed by atoms with Crippen LogP contribution in [-0.2, 0) is 30.9 Å². The van der Waals surface area contributed by atoms with Crippen LogP contribution in [0.1, 0.15) is 31.7 Å². The van der Waals surface area contributed by atoms with Crippen LogP contribution in [0.25, 0.3) is 0 Å². The second-order valence-electron chi connectivity index (χ2n) is 5.98. The monoisotopic (exact) mass is 375 g/mol. The first-order valence-corrected chi connectivity index (χ1v) is 11.0. The molecule has 1 heterocycles. The van der Waals surface area contributed by atoms with Crippen LogP contribution in [0, 0.1) is 0 Å². The van der Waals surface area contributed by atoms with E-state index in [0.717, 1.165) is 18.4 Å². The summed E-state index contributed by atoms with van der Waals surface area (Å²) in [6, 6.07) is 6.21. The van der Waals surface area contributed by atoms with Gasteiger partial charge in [-0.15, -0.1) is 0 Å². The van der Waals surface area contributed by atoms with Crippen molar-refractivity contribution in [1.29, 1.82) is 0 Å². The number of hydrogen-bond donors (Lipinski definition) is 2. The smallest absolute Gasteiger partial charge is 0.265 e. The van der Waals surface area contributed by atoms with Gasteiger partial charge in [-0.3, -0.25) is 10.0 Å². The van der Waals surface area contributed by atoms with Gasteiger partial charge in [0.05, 0.1) is 16.4 Å². The first-order valence-electron chi connectivity index (χ1n) is 7.67. The Balaban J connectivity index is 2.47. The van der Waals surface area contributed by atoms with Gasteiger partial charge in [0.25, 0.3) is 5.91 Å². The number of sulfone groups is 2. The number of hydroxylamine groups is 1. The first kappa shape index (κ1) is 18.9. The molecule has 0 atom stereocenters. The minimum atomic E-state index is -4.15. The highest BCUT2D eigenvalue weighted by atomic mass is 32.2. The maximum Gasteiger partial charge on any atom is 0.265 e. The molecule has 9 heteroatoms. The molecule has 1 aliphatic rings. The summed E-state index contributed by atoms with van der Waals surface area (Å²) in [4.78, 5) is 12.1. The van der Waals surface area contributed by atoms with E-state index < -0.39 is 41.8 Å². The van der Waals surface area contributed by atoms with Crippen molar-refractivity contribution in [2.45, 2.75) is 42.2 Å². The molecule has 7 nitrogen and oxygen atoms in total. The van der Waals surface area contributed by atoms with Crippen LogP contribution in [0.15, 0.2) is 29.2 Å². The van der Waals surface area contributed by atoms with Gasteiger partial charge < -0.3 is 0 Å². The van der Waals surface area contributed by atoms with E-state index in [1.165, 1.54) is 17.6 Å². The van der Waals surface area contributed by atoms with Crippen molar-refractivity contribution in [2.75, 3.05) is 11.5 Å². The molecule has 0 aromatic heterocycles. The zero-order chi connectivity index (χ0) is 18.0. The zero-order valence-electron chi connectivity index (χ0n) is 13.4. The molecule has 1 aromatic rings. The normalized spacial score (nSPS) is 19.6. The highest BCUT2D eigenvalue weighted by Gasteiger charge is 2.54. The van der Waals surface area contributed by atoms with Crippen molar-refractivity contribution in [3.8, 4) is 0 Å². The fraction of sp³-hybridized carbons (Fsp3) is 0.533. The van der Waals surface area contributed by atoms with Crippen LogP contribution in [0.2, 0.25) is 0 Å². The zero-order valence-corrected chi connectivity index (χ0v) is 15.0. The third-order valence-electron chi connectivity index (χ3n) is 4.44. The lowest BCUT2D eigenvalue weighted by molar-refractivity contribution is -0.132. The van der Waals surface area contributed by atoms with Crippen LogP contribution in [-0.4, -0.2) is 44.2 Å². The molecule has 0 radical (unpaired) electrons. The summed E-state index contributed by atoms with van der Waals surface area (Å²) >= 11 is 0. The number of carbonyl (C=O) groups is 1. The Hall–Kier alpha value is -1.45. The lowest BCUT2D eigenvalue weighted by Gasteiger charge is -2.34. The summed E-state index contributed by atoms with van der Waals surface area (Å²) < 4.78 is 47.4. The van der Waals surface area contributed by atoms with Gasteiger partial charge in [-0.25, -0.2) is 22.3 Å². The Morgan fingerprint density at radius 3 is 2.21 bits per heavy atom. The number of benzene rings is 1. The number of carbonyl (C=O) groups excluding carboxylic acids is 1. The number of nitrogens with one attached hydrogen (secondary N) is 1. The Labute approximate surface area is 141 Å². The maximum absolute atomic E-state index is 13.0. The minimum Gasteiger partial charge on any atom is -0.289 e. The molecular weight excluding hydrogens is 354 g/mol. The molecule has 24 heavy (non-hydrogen) atoms. The second kappa shape index (κ2) is 6.81. The Morgan fingerprint density at radius 2 is 1.75 bits per heavy atom. The van der Waals surface area contributed by atoms with Crippen LogP contribution in [0.5, 0.6) is 0 Å². The molecule has 0 spiro atoms. The van der Waals surface area contributed by atoms with Gasteiger partial charge in [-0.05, 0) is 37.0 Å². The van der Waals surface area contributed by atoms with Gasteiger partial charge in [0.2, 0.25) is 0 Å². The van der Waals surface area contributed by atoms with E-state index in [9.17, 15) is 21.6 Å². The van der Waals surface area contributed by atoms with Crippen molar-refractivity contribution in [2.24, 2.45) is 0 Å². The number of amides is 1. The van der Waals surface area contributed by atoms with E-state index in [-0.39, 0.29) is 17.7 Å². The minimum absolute atomic E-state index is 0.0507. The average molecular weight is 375 g/mol. The van der Waals surface area contributed by atoms with E-state index in [1.54, 1.807) is 12.1 Å². The van der Waals surface area contributed by atoms with Gasteiger partial charge in [-0.1, -0.05) is 25.5 Å². The molecule has 1 aliphatic heterocycles. The van der Waals surface area contributed by atoms with Crippen molar-refractivity contribution < 1.29 is 26.8 Å². The van der Waals surface area contributed by atoms with Crippen molar-refractivity contribution in [1.82, 2.24) is 5.48 Å². The van der Waals surface area contributed by atoms with Crippen molar-refractivity contribution in [3.05, 3.63) is 29.8 Å². The van der Waals surface area contributed by atoms with Gasteiger partial charge in [-0.2, -0.15) is 0 Å². The van der Waals surface area contributed by atoms with Crippen molar-refractivity contribution in [3.63, 3.8) is 0 Å². The second-order valence-corrected chi connectivity index (χ2v) is 10.5. The molecule has 0 unspecified atom stereocenters. The molecule has 0 saturated carbocycles.